The van der Waals surface area contributed by atoms with Crippen LogP contribution < -0.4 is 0 Å². The molecule has 126 valence electrons. The third-order valence-corrected chi connectivity index (χ3v) is 3.26. The van der Waals surface area contributed by atoms with E-state index in [1.807, 2.05) is 0 Å². The van der Waals surface area contributed by atoms with Gasteiger partial charge in [0.2, 0.25) is 5.60 Å². The monoisotopic (exact) mass is 333 g/mol. The van der Waals surface area contributed by atoms with E-state index in [9.17, 15) is 22.8 Å². The average Bonchev–Trinajstić information content (AvgIpc) is 2.43. The fourth-order valence-electron chi connectivity index (χ4n) is 2.02. The Morgan fingerprint density at radius 3 is 2.35 bits per heavy atom. The van der Waals surface area contributed by atoms with Gasteiger partial charge >= 0.3 is 18.2 Å². The molecule has 1 heterocycles. The third kappa shape index (κ3) is 4.35. The Morgan fingerprint density at radius 1 is 1.22 bits per heavy atom. The molecule has 0 aliphatic carbocycles. The summed E-state index contributed by atoms with van der Waals surface area (Å²) in [5.74, 6) is -1.55. The normalized spacial score (nSPS) is 16.6. The number of hydrogen-bond acceptors (Lipinski definition) is 4. The molecule has 2 rings (SSSR count). The first-order valence-corrected chi connectivity index (χ1v) is 6.62. The highest BCUT2D eigenvalue weighted by Gasteiger charge is 2.54. The number of carbonyl (C=O) groups excluding carboxylic acids is 1. The first-order valence-electron chi connectivity index (χ1n) is 6.62. The molecule has 0 saturated carbocycles. The van der Waals surface area contributed by atoms with E-state index < -0.39 is 43.5 Å². The van der Waals surface area contributed by atoms with Crippen LogP contribution in [-0.4, -0.2) is 53.5 Å². The van der Waals surface area contributed by atoms with Crippen molar-refractivity contribution in [3.05, 3.63) is 35.9 Å². The van der Waals surface area contributed by atoms with E-state index in [2.05, 4.69) is 4.74 Å². The van der Waals surface area contributed by atoms with Gasteiger partial charge in [-0.25, -0.2) is 9.59 Å². The number of carboxylic acid groups (broad SMARTS) is 1. The van der Waals surface area contributed by atoms with Gasteiger partial charge in [0.1, 0.15) is 13.2 Å². The average molecular weight is 333 g/mol. The molecule has 1 aromatic carbocycles. The molecule has 1 saturated heterocycles. The Labute approximate surface area is 129 Å². The van der Waals surface area contributed by atoms with Crippen LogP contribution in [-0.2, 0) is 20.9 Å². The molecule has 0 aromatic heterocycles. The Hall–Kier alpha value is -2.29. The number of likely N-dealkylation sites (tertiary alicyclic amines) is 1. The molecule has 23 heavy (non-hydrogen) atoms. The number of aliphatic carboxylic acids is 1. The number of halogens is 3. The highest BCUT2D eigenvalue weighted by molar-refractivity contribution is 5.83. The van der Waals surface area contributed by atoms with Crippen molar-refractivity contribution in [3.63, 3.8) is 0 Å². The maximum absolute atomic E-state index is 12.2. The molecular formula is C14H14F3NO5. The molecule has 0 atom stereocenters. The maximum Gasteiger partial charge on any atom is 0.411 e. The zero-order chi connectivity index (χ0) is 17.1. The molecule has 1 amide bonds. The molecule has 0 bridgehead atoms. The van der Waals surface area contributed by atoms with E-state index >= 15 is 0 Å². The lowest BCUT2D eigenvalue weighted by Crippen LogP contribution is -2.69. The van der Waals surface area contributed by atoms with Crippen molar-refractivity contribution in [1.82, 2.24) is 4.90 Å². The van der Waals surface area contributed by atoms with Crippen LogP contribution in [0.25, 0.3) is 0 Å². The van der Waals surface area contributed by atoms with Gasteiger partial charge in [-0.1, -0.05) is 30.3 Å². The standard InChI is InChI=1S/C14H14F3NO5/c15-14(16,17)9-23-13(11(19)20)7-18(8-13)12(21)22-6-10-4-2-1-3-5-10/h1-5H,6-9H2,(H,19,20). The van der Waals surface area contributed by atoms with Crippen molar-refractivity contribution in [2.75, 3.05) is 19.7 Å². The number of rotatable bonds is 5. The van der Waals surface area contributed by atoms with E-state index in [0.717, 1.165) is 10.5 Å². The summed E-state index contributed by atoms with van der Waals surface area (Å²) in [6.45, 7) is -2.69. The summed E-state index contributed by atoms with van der Waals surface area (Å²) < 4.78 is 45.9. The molecule has 1 aliphatic heterocycles. The fraction of sp³-hybridized carbons (Fsp3) is 0.429. The highest BCUT2D eigenvalue weighted by atomic mass is 19.4. The number of carbonyl (C=O) groups is 2. The predicted octanol–water partition coefficient (Wildman–Crippen LogP) is 2.04. The second kappa shape index (κ2) is 6.45. The van der Waals surface area contributed by atoms with Gasteiger partial charge in [0.15, 0.2) is 0 Å². The Balaban J connectivity index is 1.85. The smallest absolute Gasteiger partial charge is 0.411 e. The molecule has 9 heteroatoms. The first kappa shape index (κ1) is 17.1. The number of ether oxygens (including phenoxy) is 2. The van der Waals surface area contributed by atoms with Crippen molar-refractivity contribution < 1.29 is 37.3 Å². The van der Waals surface area contributed by atoms with Crippen LogP contribution in [0, 0.1) is 0 Å². The minimum Gasteiger partial charge on any atom is -0.479 e. The summed E-state index contributed by atoms with van der Waals surface area (Å²) in [6, 6.07) is 8.77. The summed E-state index contributed by atoms with van der Waals surface area (Å²) in [7, 11) is 0. The molecule has 0 radical (unpaired) electrons. The van der Waals surface area contributed by atoms with Crippen LogP contribution >= 0.6 is 0 Å². The zero-order valence-corrected chi connectivity index (χ0v) is 11.9. The van der Waals surface area contributed by atoms with Crippen molar-refractivity contribution >= 4 is 12.1 Å². The van der Waals surface area contributed by atoms with Crippen LogP contribution in [0.3, 0.4) is 0 Å². The molecule has 1 fully saturated rings. The number of amides is 1. The molecule has 0 spiro atoms. The predicted molar refractivity (Wildman–Crippen MR) is 70.6 cm³/mol. The van der Waals surface area contributed by atoms with Gasteiger partial charge in [-0.3, -0.25) is 0 Å². The van der Waals surface area contributed by atoms with Crippen molar-refractivity contribution in [1.29, 1.82) is 0 Å². The molecule has 1 aliphatic rings. The molecule has 1 N–H and O–H groups in total. The summed E-state index contributed by atoms with van der Waals surface area (Å²) in [4.78, 5) is 23.8. The summed E-state index contributed by atoms with van der Waals surface area (Å²) >= 11 is 0. The SMILES string of the molecule is O=C(OCc1ccccc1)N1CC(OCC(F)(F)F)(C(=O)O)C1. The lowest BCUT2D eigenvalue weighted by atomic mass is 9.94. The molecule has 0 unspecified atom stereocenters. The second-order valence-electron chi connectivity index (χ2n) is 5.10. The van der Waals surface area contributed by atoms with Gasteiger partial charge in [-0.05, 0) is 5.56 Å². The van der Waals surface area contributed by atoms with E-state index in [1.165, 1.54) is 0 Å². The van der Waals surface area contributed by atoms with Crippen LogP contribution in [0.1, 0.15) is 5.56 Å². The van der Waals surface area contributed by atoms with Crippen LogP contribution in [0.15, 0.2) is 30.3 Å². The van der Waals surface area contributed by atoms with E-state index in [4.69, 9.17) is 9.84 Å². The quantitative estimate of drug-likeness (QED) is 0.892. The van der Waals surface area contributed by atoms with E-state index in [-0.39, 0.29) is 6.61 Å². The number of nitrogens with zero attached hydrogens (tertiary/aromatic N) is 1. The number of alkyl halides is 3. The summed E-state index contributed by atoms with van der Waals surface area (Å²) in [5, 5.41) is 9.02. The van der Waals surface area contributed by atoms with Gasteiger partial charge in [-0.2, -0.15) is 13.2 Å². The lowest BCUT2D eigenvalue weighted by Gasteiger charge is -2.45. The largest absolute Gasteiger partial charge is 0.479 e. The minimum absolute atomic E-state index is 0.0142. The van der Waals surface area contributed by atoms with Crippen LogP contribution in [0.5, 0.6) is 0 Å². The third-order valence-electron chi connectivity index (χ3n) is 3.26. The summed E-state index contributed by atoms with van der Waals surface area (Å²) in [6.07, 6.45) is -5.45. The van der Waals surface area contributed by atoms with Gasteiger partial charge in [0, 0.05) is 0 Å². The van der Waals surface area contributed by atoms with Gasteiger partial charge in [0.05, 0.1) is 13.1 Å². The Kier molecular flexibility index (Phi) is 4.79. The maximum atomic E-state index is 12.2. The van der Waals surface area contributed by atoms with Crippen LogP contribution in [0.2, 0.25) is 0 Å². The molecule has 6 nitrogen and oxygen atoms in total. The number of carboxylic acids is 1. The Morgan fingerprint density at radius 2 is 1.83 bits per heavy atom. The van der Waals surface area contributed by atoms with Crippen molar-refractivity contribution in [2.45, 2.75) is 18.4 Å². The molecule has 1 aromatic rings. The highest BCUT2D eigenvalue weighted by Crippen LogP contribution is 2.29. The zero-order valence-electron chi connectivity index (χ0n) is 11.9. The second-order valence-corrected chi connectivity index (χ2v) is 5.10. The van der Waals surface area contributed by atoms with Gasteiger partial charge in [-0.15, -0.1) is 0 Å². The van der Waals surface area contributed by atoms with Gasteiger partial charge < -0.3 is 19.5 Å². The Bertz CT molecular complexity index is 570. The topological polar surface area (TPSA) is 76.1 Å². The lowest BCUT2D eigenvalue weighted by molar-refractivity contribution is -0.233. The number of benzene rings is 1. The van der Waals surface area contributed by atoms with Crippen LogP contribution in [0.4, 0.5) is 18.0 Å². The number of hydrogen-bond donors (Lipinski definition) is 1. The van der Waals surface area contributed by atoms with E-state index in [1.54, 1.807) is 30.3 Å². The van der Waals surface area contributed by atoms with Crippen molar-refractivity contribution in [3.8, 4) is 0 Å². The molecular weight excluding hydrogens is 319 g/mol. The van der Waals surface area contributed by atoms with Gasteiger partial charge in [0.25, 0.3) is 0 Å². The first-order chi connectivity index (χ1) is 10.7. The fourth-order valence-corrected chi connectivity index (χ4v) is 2.02. The van der Waals surface area contributed by atoms with E-state index in [0.29, 0.717) is 0 Å². The van der Waals surface area contributed by atoms with Crippen molar-refractivity contribution in [2.24, 2.45) is 0 Å². The summed E-state index contributed by atoms with van der Waals surface area (Å²) in [5.41, 5.74) is -1.31. The minimum atomic E-state index is -4.64.